The lowest BCUT2D eigenvalue weighted by molar-refractivity contribution is -0.266. The van der Waals surface area contributed by atoms with E-state index in [0.29, 0.717) is 83.2 Å². The van der Waals surface area contributed by atoms with E-state index in [0.717, 1.165) is 12.0 Å². The Balaban J connectivity index is 1.47. The molecule has 15 heteroatoms. The number of amides is 1. The molecule has 5 rings (SSSR count). The largest absolute Gasteiger partial charge is 0.460 e. The number of hydrogen-bond acceptors (Lipinski definition) is 14. The molecule has 15 nitrogen and oxygen atoms in total. The highest BCUT2D eigenvalue weighted by Crippen LogP contribution is 2.38. The molecule has 388 valence electrons. The third kappa shape index (κ3) is 15.1. The number of piperidine rings is 1. The topological polar surface area (TPSA) is 205 Å². The molecule has 0 radical (unpaired) electrons. The van der Waals surface area contributed by atoms with Gasteiger partial charge < -0.3 is 48.6 Å². The summed E-state index contributed by atoms with van der Waals surface area (Å²) in [5.41, 5.74) is 1.28. The van der Waals surface area contributed by atoms with Crippen LogP contribution in [-0.4, -0.2) is 145 Å². The number of aliphatic hydroxyl groups is 3. The number of carbonyl (C=O) groups is 5. The maximum atomic E-state index is 14.5. The quantitative estimate of drug-likeness (QED) is 0.141. The molecule has 0 aromatic rings. The first-order chi connectivity index (χ1) is 32.8. The van der Waals surface area contributed by atoms with Gasteiger partial charge in [0.1, 0.15) is 30.1 Å². The van der Waals surface area contributed by atoms with E-state index in [9.17, 15) is 39.3 Å². The van der Waals surface area contributed by atoms with Crippen LogP contribution in [0.1, 0.15) is 126 Å². The highest BCUT2D eigenvalue weighted by atomic mass is 16.6. The number of Topliss-reactive ketones (excluding diaryl/α,β-unsaturated/α-hetero) is 3. The van der Waals surface area contributed by atoms with Crippen LogP contribution in [-0.2, 0) is 52.4 Å². The van der Waals surface area contributed by atoms with Crippen LogP contribution in [0.2, 0.25) is 0 Å². The Morgan fingerprint density at radius 1 is 0.855 bits per heavy atom. The Morgan fingerprint density at radius 3 is 2.28 bits per heavy atom. The molecule has 4 aliphatic heterocycles. The Morgan fingerprint density at radius 2 is 1.59 bits per heavy atom. The van der Waals surface area contributed by atoms with Crippen LogP contribution in [0.4, 0.5) is 0 Å². The summed E-state index contributed by atoms with van der Waals surface area (Å²) < 4.78 is 35.5. The van der Waals surface area contributed by atoms with E-state index in [1.54, 1.807) is 34.0 Å². The second-order valence-electron chi connectivity index (χ2n) is 21.1. The van der Waals surface area contributed by atoms with Gasteiger partial charge in [-0.15, -0.1) is 0 Å². The molecule has 0 spiro atoms. The average molecular weight is 970 g/mol. The van der Waals surface area contributed by atoms with Crippen molar-refractivity contribution in [1.82, 2.24) is 4.90 Å². The third-order valence-corrected chi connectivity index (χ3v) is 15.4. The molecule has 4 fully saturated rings. The molecule has 15 atom stereocenters. The molecule has 69 heavy (non-hydrogen) atoms. The summed E-state index contributed by atoms with van der Waals surface area (Å²) in [5.74, 6) is -7.78. The summed E-state index contributed by atoms with van der Waals surface area (Å²) in [6, 6.07) is -1.15. The van der Waals surface area contributed by atoms with E-state index in [4.69, 9.17) is 28.4 Å². The number of ether oxygens (including phenoxy) is 6. The highest BCUT2D eigenvalue weighted by molar-refractivity contribution is 6.39. The maximum absolute atomic E-state index is 14.5. The molecule has 1 saturated carbocycles. The van der Waals surface area contributed by atoms with Crippen LogP contribution in [0.3, 0.4) is 0 Å². The molecular formula is C54H83NO14. The average Bonchev–Trinajstić information content (AvgIpc) is 3.31. The zero-order valence-electron chi connectivity index (χ0n) is 42.7. The lowest BCUT2D eigenvalue weighted by atomic mass is 9.78. The minimum absolute atomic E-state index is 0.00918. The Hall–Kier alpha value is -3.41. The highest BCUT2D eigenvalue weighted by Gasteiger charge is 2.53. The summed E-state index contributed by atoms with van der Waals surface area (Å²) in [6.45, 7) is 14.5. The van der Waals surface area contributed by atoms with Crippen molar-refractivity contribution in [3.8, 4) is 0 Å². The number of cyclic esters (lactones) is 1. The number of carbonyl (C=O) groups excluding carboxylic acids is 5. The monoisotopic (exact) mass is 970 g/mol. The van der Waals surface area contributed by atoms with Crippen LogP contribution in [0.25, 0.3) is 0 Å². The Kier molecular flexibility index (Phi) is 21.6. The van der Waals surface area contributed by atoms with Gasteiger partial charge in [-0.1, -0.05) is 71.1 Å². The van der Waals surface area contributed by atoms with E-state index in [1.165, 1.54) is 12.0 Å². The van der Waals surface area contributed by atoms with Gasteiger partial charge in [0, 0.05) is 57.3 Å². The standard InChI is InChI=1S/C54H83NO14/c1-32-15-11-10-12-16-33(2)45(67-31-40-29-66-30-40)27-41-20-18-38(7)54(63,69-41)51(60)52(61)55-22-14-13-17-42(55)53(62)68-46(35(4)25-39-19-21-43(56)47(26-39)64-8)28-44(57)34(3)24-37(6)49(59)50(65-9)48(58)36(5)23-32/h10-12,15-16,24,32,34-36,38-43,45-47,49-50,56,59,63H,13-14,17-23,25-31H2,1-9H3/b12-10+,15-11+,33-16+,37-24+/t32-,34-,35-,36-,38-,39+,41+,42?,43-,45+,46+,47-,49-,50+,54-/m1/s1. The Bertz CT molecular complexity index is 1870. The van der Waals surface area contributed by atoms with Crippen LogP contribution in [0, 0.1) is 41.4 Å². The number of ketones is 3. The first-order valence-electron chi connectivity index (χ1n) is 25.6. The summed E-state index contributed by atoms with van der Waals surface area (Å²) in [4.78, 5) is 72.3. The number of hydrogen-bond donors (Lipinski definition) is 3. The molecule has 3 saturated heterocycles. The number of fused-ring (bicyclic) bond motifs is 3. The van der Waals surface area contributed by atoms with Crippen molar-refractivity contribution in [3.63, 3.8) is 0 Å². The van der Waals surface area contributed by atoms with Gasteiger partial charge in [-0.2, -0.15) is 0 Å². The van der Waals surface area contributed by atoms with Crippen molar-refractivity contribution < 1.29 is 67.7 Å². The first-order valence-corrected chi connectivity index (χ1v) is 25.6. The van der Waals surface area contributed by atoms with Gasteiger partial charge in [-0.05, 0) is 107 Å². The molecule has 1 amide bonds. The van der Waals surface area contributed by atoms with Crippen molar-refractivity contribution >= 4 is 29.2 Å². The van der Waals surface area contributed by atoms with E-state index in [-0.39, 0.29) is 60.7 Å². The Labute approximate surface area is 410 Å². The molecule has 0 aromatic carbocycles. The van der Waals surface area contributed by atoms with Crippen molar-refractivity contribution in [2.24, 2.45) is 41.4 Å². The number of nitrogens with zero attached hydrogens (tertiary/aromatic N) is 1. The van der Waals surface area contributed by atoms with E-state index >= 15 is 0 Å². The smallest absolute Gasteiger partial charge is 0.329 e. The van der Waals surface area contributed by atoms with E-state index < -0.39 is 83.9 Å². The van der Waals surface area contributed by atoms with E-state index in [2.05, 4.69) is 0 Å². The lowest BCUT2D eigenvalue weighted by Gasteiger charge is -2.43. The first kappa shape index (κ1) is 56.5. The van der Waals surface area contributed by atoms with Crippen molar-refractivity contribution in [1.29, 1.82) is 0 Å². The summed E-state index contributed by atoms with van der Waals surface area (Å²) in [7, 11) is 2.95. The van der Waals surface area contributed by atoms with Gasteiger partial charge >= 0.3 is 5.97 Å². The molecule has 5 aliphatic rings. The van der Waals surface area contributed by atoms with Crippen LogP contribution in [0.15, 0.2) is 47.6 Å². The molecule has 1 aliphatic carbocycles. The summed E-state index contributed by atoms with van der Waals surface area (Å²) in [6.07, 6.45) is 11.2. The summed E-state index contributed by atoms with van der Waals surface area (Å²) >= 11 is 0. The zero-order valence-corrected chi connectivity index (χ0v) is 42.7. The molecule has 4 heterocycles. The lowest BCUT2D eigenvalue weighted by Crippen LogP contribution is -2.61. The molecule has 3 N–H and O–H groups in total. The molecular weight excluding hydrogens is 887 g/mol. The second-order valence-corrected chi connectivity index (χ2v) is 21.1. The third-order valence-electron chi connectivity index (χ3n) is 15.4. The predicted octanol–water partition coefficient (Wildman–Crippen LogP) is 6.20. The number of rotatable bonds is 8. The predicted molar refractivity (Wildman–Crippen MR) is 258 cm³/mol. The van der Waals surface area contributed by atoms with Gasteiger partial charge in [0.05, 0.1) is 44.2 Å². The molecule has 1 unspecified atom stereocenters. The second kappa shape index (κ2) is 26.3. The minimum atomic E-state index is -2.45. The maximum Gasteiger partial charge on any atom is 0.329 e. The normalized spacial score (nSPS) is 40.0. The number of esters is 1. The van der Waals surface area contributed by atoms with E-state index in [1.807, 2.05) is 58.1 Å². The van der Waals surface area contributed by atoms with Gasteiger partial charge in [-0.3, -0.25) is 19.2 Å². The van der Waals surface area contributed by atoms with Crippen molar-refractivity contribution in [2.45, 2.75) is 180 Å². The van der Waals surface area contributed by atoms with Gasteiger partial charge in [0.15, 0.2) is 5.78 Å². The molecule has 2 bridgehead atoms. The zero-order chi connectivity index (χ0) is 50.6. The number of methoxy groups -OCH3 is 2. The van der Waals surface area contributed by atoms with Crippen LogP contribution < -0.4 is 0 Å². The van der Waals surface area contributed by atoms with Gasteiger partial charge in [-0.25, -0.2) is 4.79 Å². The fraction of sp³-hybridized carbons (Fsp3) is 0.759. The fourth-order valence-corrected chi connectivity index (χ4v) is 10.7. The van der Waals surface area contributed by atoms with Gasteiger partial charge in [0.2, 0.25) is 5.79 Å². The van der Waals surface area contributed by atoms with Gasteiger partial charge in [0.25, 0.3) is 11.7 Å². The van der Waals surface area contributed by atoms with Crippen LogP contribution >= 0.6 is 0 Å². The fourth-order valence-electron chi connectivity index (χ4n) is 10.7. The number of allylic oxidation sites excluding steroid dienone is 6. The number of aliphatic hydroxyl groups excluding tert-OH is 2. The van der Waals surface area contributed by atoms with Crippen molar-refractivity contribution in [3.05, 3.63) is 47.6 Å². The van der Waals surface area contributed by atoms with Crippen molar-refractivity contribution in [2.75, 3.05) is 40.6 Å². The summed E-state index contributed by atoms with van der Waals surface area (Å²) in [5, 5.41) is 34.1. The molecule has 0 aromatic heterocycles. The van der Waals surface area contributed by atoms with Crippen LogP contribution in [0.5, 0.6) is 0 Å². The SMILES string of the molecule is CO[C@@H]1C[C@H](C[C@@H](C)[C@@H]2CC(=O)[C@H](C)/C=C(\C)[C@@H](O)[C@@H](OC)C(=O)[C@H](C)C[C@H](C)/C=C/C=C/C=C(\C)[C@@H](OCC3COC3)C[C@@H]3CC[C@@H](C)[C@@](O)(O3)C(=O)C(=O)N3CCCCC3C(=O)O2)CC[C@H]1O. The minimum Gasteiger partial charge on any atom is -0.460 e.